The van der Waals surface area contributed by atoms with Gasteiger partial charge < -0.3 is 10.1 Å². The lowest BCUT2D eigenvalue weighted by Crippen LogP contribution is -2.15. The summed E-state index contributed by atoms with van der Waals surface area (Å²) in [6, 6.07) is 8.45. The van der Waals surface area contributed by atoms with Crippen LogP contribution in [-0.2, 0) is 0 Å². The van der Waals surface area contributed by atoms with Gasteiger partial charge in [0.1, 0.15) is 5.75 Å². The van der Waals surface area contributed by atoms with Crippen molar-refractivity contribution in [1.82, 2.24) is 5.32 Å². The Balaban J connectivity index is 2.40. The summed E-state index contributed by atoms with van der Waals surface area (Å²) in [5.41, 5.74) is 1.36. The molecule has 2 heteroatoms. The fourth-order valence-corrected chi connectivity index (χ4v) is 1.79. The summed E-state index contributed by atoms with van der Waals surface area (Å²) in [5.74, 6) is 1.56. The van der Waals surface area contributed by atoms with Gasteiger partial charge >= 0.3 is 0 Å². The van der Waals surface area contributed by atoms with Crippen LogP contribution in [0.5, 0.6) is 5.75 Å². The van der Waals surface area contributed by atoms with E-state index in [1.165, 1.54) is 5.56 Å². The first-order valence-corrected chi connectivity index (χ1v) is 6.54. The van der Waals surface area contributed by atoms with Crippen LogP contribution >= 0.6 is 0 Å². The molecule has 1 unspecified atom stereocenters. The molecule has 17 heavy (non-hydrogen) atoms. The van der Waals surface area contributed by atoms with Crippen LogP contribution in [0.2, 0.25) is 0 Å². The highest BCUT2D eigenvalue weighted by molar-refractivity contribution is 5.28. The molecule has 0 aliphatic heterocycles. The van der Waals surface area contributed by atoms with Gasteiger partial charge in [-0.3, -0.25) is 0 Å². The van der Waals surface area contributed by atoms with E-state index in [2.05, 4.69) is 50.4 Å². The Morgan fingerprint density at radius 2 is 1.76 bits per heavy atom. The average Bonchev–Trinajstić information content (AvgIpc) is 2.30. The lowest BCUT2D eigenvalue weighted by Gasteiger charge is -2.15. The fraction of sp³-hybridized carbons (Fsp3) is 0.600. The fourth-order valence-electron chi connectivity index (χ4n) is 1.79. The summed E-state index contributed by atoms with van der Waals surface area (Å²) in [6.07, 6.45) is 2.53. The molecule has 0 amide bonds. The number of benzene rings is 1. The summed E-state index contributed by atoms with van der Waals surface area (Å²) in [4.78, 5) is 0. The molecular formula is C15H25NO. The van der Waals surface area contributed by atoms with E-state index in [0.717, 1.165) is 25.1 Å². The van der Waals surface area contributed by atoms with Gasteiger partial charge in [0.15, 0.2) is 0 Å². The zero-order chi connectivity index (χ0) is 12.7. The van der Waals surface area contributed by atoms with Gasteiger partial charge in [0.2, 0.25) is 0 Å². The second-order valence-corrected chi connectivity index (χ2v) is 4.90. The van der Waals surface area contributed by atoms with Crippen molar-refractivity contribution in [3.05, 3.63) is 29.8 Å². The van der Waals surface area contributed by atoms with Crippen molar-refractivity contribution < 1.29 is 4.74 Å². The zero-order valence-electron chi connectivity index (χ0n) is 11.5. The van der Waals surface area contributed by atoms with Crippen LogP contribution in [0.4, 0.5) is 0 Å². The standard InChI is InChI=1S/C15H25NO/c1-12(2)14-7-9-15(10-8-14)17-13(3)6-5-11-16-4/h7-10,12-13,16H,5-6,11H2,1-4H3. The molecule has 0 saturated heterocycles. The van der Waals surface area contributed by atoms with Crippen LogP contribution in [0.15, 0.2) is 24.3 Å². The smallest absolute Gasteiger partial charge is 0.119 e. The van der Waals surface area contributed by atoms with Gasteiger partial charge in [-0.2, -0.15) is 0 Å². The minimum Gasteiger partial charge on any atom is -0.491 e. The number of nitrogens with one attached hydrogen (secondary N) is 1. The Morgan fingerprint density at radius 3 is 2.29 bits per heavy atom. The van der Waals surface area contributed by atoms with Crippen molar-refractivity contribution in [3.8, 4) is 5.75 Å². The van der Waals surface area contributed by atoms with Crippen LogP contribution in [0.25, 0.3) is 0 Å². The summed E-state index contributed by atoms with van der Waals surface area (Å²) < 4.78 is 5.87. The van der Waals surface area contributed by atoms with E-state index in [-0.39, 0.29) is 6.10 Å². The minimum absolute atomic E-state index is 0.285. The van der Waals surface area contributed by atoms with Crippen molar-refractivity contribution in [3.63, 3.8) is 0 Å². The van der Waals surface area contributed by atoms with Crippen molar-refractivity contribution in [1.29, 1.82) is 0 Å². The third-order valence-electron chi connectivity index (χ3n) is 2.92. The molecule has 2 nitrogen and oxygen atoms in total. The largest absolute Gasteiger partial charge is 0.491 e. The molecule has 1 aromatic rings. The Bertz CT molecular complexity index is 305. The molecule has 0 aliphatic carbocycles. The molecule has 1 atom stereocenters. The van der Waals surface area contributed by atoms with Gasteiger partial charge in [-0.05, 0) is 57.0 Å². The van der Waals surface area contributed by atoms with Crippen molar-refractivity contribution in [2.24, 2.45) is 0 Å². The van der Waals surface area contributed by atoms with Gasteiger partial charge in [-0.1, -0.05) is 26.0 Å². The van der Waals surface area contributed by atoms with E-state index in [1.807, 2.05) is 7.05 Å². The molecule has 0 heterocycles. The third-order valence-corrected chi connectivity index (χ3v) is 2.92. The first kappa shape index (κ1) is 14.0. The molecule has 0 bridgehead atoms. The second kappa shape index (κ2) is 7.33. The van der Waals surface area contributed by atoms with Crippen molar-refractivity contribution in [2.45, 2.75) is 45.6 Å². The lowest BCUT2D eigenvalue weighted by molar-refractivity contribution is 0.208. The van der Waals surface area contributed by atoms with E-state index in [4.69, 9.17) is 4.74 Å². The highest BCUT2D eigenvalue weighted by atomic mass is 16.5. The van der Waals surface area contributed by atoms with Crippen LogP contribution < -0.4 is 10.1 Å². The Kier molecular flexibility index (Phi) is 6.06. The minimum atomic E-state index is 0.285. The summed E-state index contributed by atoms with van der Waals surface area (Å²) in [6.45, 7) is 7.60. The molecule has 1 aromatic carbocycles. The summed E-state index contributed by atoms with van der Waals surface area (Å²) in [7, 11) is 1.98. The van der Waals surface area contributed by atoms with Crippen LogP contribution in [0.1, 0.15) is 45.1 Å². The maximum Gasteiger partial charge on any atom is 0.119 e. The van der Waals surface area contributed by atoms with Crippen LogP contribution in [0.3, 0.4) is 0 Å². The third kappa shape index (κ3) is 5.22. The highest BCUT2D eigenvalue weighted by Crippen LogP contribution is 2.20. The monoisotopic (exact) mass is 235 g/mol. The maximum absolute atomic E-state index is 5.87. The maximum atomic E-state index is 5.87. The molecule has 0 radical (unpaired) electrons. The SMILES string of the molecule is CNCCCC(C)Oc1ccc(C(C)C)cc1. The number of hydrogen-bond donors (Lipinski definition) is 1. The molecule has 0 spiro atoms. The predicted molar refractivity (Wildman–Crippen MR) is 73.8 cm³/mol. The zero-order valence-corrected chi connectivity index (χ0v) is 11.5. The molecule has 0 aromatic heterocycles. The van der Waals surface area contributed by atoms with Gasteiger partial charge in [-0.15, -0.1) is 0 Å². The van der Waals surface area contributed by atoms with Gasteiger partial charge in [0.05, 0.1) is 6.10 Å². The Morgan fingerprint density at radius 1 is 1.12 bits per heavy atom. The molecule has 0 aliphatic rings. The van der Waals surface area contributed by atoms with E-state index in [0.29, 0.717) is 5.92 Å². The average molecular weight is 235 g/mol. The number of ether oxygens (including phenoxy) is 1. The second-order valence-electron chi connectivity index (χ2n) is 4.90. The van der Waals surface area contributed by atoms with Gasteiger partial charge in [0.25, 0.3) is 0 Å². The van der Waals surface area contributed by atoms with Crippen LogP contribution in [-0.4, -0.2) is 19.7 Å². The van der Waals surface area contributed by atoms with Gasteiger partial charge in [-0.25, -0.2) is 0 Å². The molecule has 1 rings (SSSR count). The van der Waals surface area contributed by atoms with E-state index >= 15 is 0 Å². The topological polar surface area (TPSA) is 21.3 Å². The predicted octanol–water partition coefficient (Wildman–Crippen LogP) is 3.58. The number of hydrogen-bond acceptors (Lipinski definition) is 2. The normalized spacial score (nSPS) is 12.8. The number of rotatable bonds is 7. The molecular weight excluding hydrogens is 210 g/mol. The van der Waals surface area contributed by atoms with E-state index in [1.54, 1.807) is 0 Å². The van der Waals surface area contributed by atoms with Gasteiger partial charge in [0, 0.05) is 0 Å². The van der Waals surface area contributed by atoms with E-state index in [9.17, 15) is 0 Å². The summed E-state index contributed by atoms with van der Waals surface area (Å²) >= 11 is 0. The highest BCUT2D eigenvalue weighted by Gasteiger charge is 2.04. The van der Waals surface area contributed by atoms with Crippen LogP contribution in [0, 0.1) is 0 Å². The van der Waals surface area contributed by atoms with Crippen molar-refractivity contribution >= 4 is 0 Å². The summed E-state index contributed by atoms with van der Waals surface area (Å²) in [5, 5.41) is 3.15. The molecule has 0 fully saturated rings. The quantitative estimate of drug-likeness (QED) is 0.729. The van der Waals surface area contributed by atoms with E-state index < -0.39 is 0 Å². The molecule has 96 valence electrons. The Labute approximate surface area is 105 Å². The molecule has 1 N–H and O–H groups in total. The first-order chi connectivity index (χ1) is 8.13. The first-order valence-electron chi connectivity index (χ1n) is 6.54. The Hall–Kier alpha value is -1.02. The lowest BCUT2D eigenvalue weighted by atomic mass is 10.0. The molecule has 0 saturated carbocycles. The van der Waals surface area contributed by atoms with Crippen molar-refractivity contribution in [2.75, 3.05) is 13.6 Å².